The van der Waals surface area contributed by atoms with E-state index in [0.717, 1.165) is 69.1 Å². The van der Waals surface area contributed by atoms with Crippen LogP contribution in [0, 0.1) is 17.8 Å². The Hall–Kier alpha value is -2.04. The third-order valence-electron chi connectivity index (χ3n) is 6.21. The number of amides is 2. The van der Waals surface area contributed by atoms with Gasteiger partial charge in [0.25, 0.3) is 5.91 Å². The molecule has 2 saturated heterocycles. The predicted octanol–water partition coefficient (Wildman–Crippen LogP) is 4.22. The standard InChI is InChI=1S/C24H36N2O3/c1-18(2)16-23(27)25-14-10-20(11-15-25)17-29-22-6-4-21(5-7-22)24(28)26-12-8-19(3)9-13-26/h4-7,18-20H,8-17H2,1-3H3. The molecule has 1 aromatic rings. The molecule has 2 fully saturated rings. The number of ether oxygens (including phenoxy) is 1. The molecule has 0 unspecified atom stereocenters. The number of benzene rings is 1. The Labute approximate surface area is 175 Å². The summed E-state index contributed by atoms with van der Waals surface area (Å²) in [6, 6.07) is 7.56. The summed E-state index contributed by atoms with van der Waals surface area (Å²) in [6.45, 7) is 10.5. The van der Waals surface area contributed by atoms with E-state index in [0.29, 0.717) is 24.9 Å². The van der Waals surface area contributed by atoms with Gasteiger partial charge in [-0.1, -0.05) is 20.8 Å². The molecule has 0 bridgehead atoms. The summed E-state index contributed by atoms with van der Waals surface area (Å²) >= 11 is 0. The molecule has 0 aliphatic carbocycles. The minimum absolute atomic E-state index is 0.127. The van der Waals surface area contributed by atoms with Crippen molar-refractivity contribution in [3.63, 3.8) is 0 Å². The quantitative estimate of drug-likeness (QED) is 0.718. The normalized spacial score (nSPS) is 18.9. The van der Waals surface area contributed by atoms with E-state index >= 15 is 0 Å². The van der Waals surface area contributed by atoms with Gasteiger partial charge in [-0.3, -0.25) is 9.59 Å². The van der Waals surface area contributed by atoms with Gasteiger partial charge < -0.3 is 14.5 Å². The van der Waals surface area contributed by atoms with Crippen molar-refractivity contribution in [3.8, 4) is 5.75 Å². The van der Waals surface area contributed by atoms with Gasteiger partial charge in [0.2, 0.25) is 5.91 Å². The van der Waals surface area contributed by atoms with E-state index in [1.54, 1.807) is 0 Å². The van der Waals surface area contributed by atoms with Gasteiger partial charge >= 0.3 is 0 Å². The third-order valence-corrected chi connectivity index (χ3v) is 6.21. The molecule has 2 amide bonds. The van der Waals surface area contributed by atoms with Crippen LogP contribution in [0.4, 0.5) is 0 Å². The summed E-state index contributed by atoms with van der Waals surface area (Å²) in [6.07, 6.45) is 4.81. The second-order valence-corrected chi connectivity index (χ2v) is 9.23. The first-order chi connectivity index (χ1) is 13.9. The Kier molecular flexibility index (Phi) is 7.57. The summed E-state index contributed by atoms with van der Waals surface area (Å²) in [7, 11) is 0. The smallest absolute Gasteiger partial charge is 0.253 e. The summed E-state index contributed by atoms with van der Waals surface area (Å²) in [4.78, 5) is 28.8. The predicted molar refractivity (Wildman–Crippen MR) is 115 cm³/mol. The first-order valence-electron chi connectivity index (χ1n) is 11.2. The van der Waals surface area contributed by atoms with Gasteiger partial charge in [-0.2, -0.15) is 0 Å². The van der Waals surface area contributed by atoms with Gasteiger partial charge in [0.05, 0.1) is 6.61 Å². The summed E-state index contributed by atoms with van der Waals surface area (Å²) in [5, 5.41) is 0. The maximum absolute atomic E-state index is 12.6. The van der Waals surface area contributed by atoms with Crippen LogP contribution >= 0.6 is 0 Å². The average Bonchev–Trinajstić information content (AvgIpc) is 2.72. The molecule has 1 aromatic carbocycles. The molecule has 2 aliphatic heterocycles. The zero-order chi connectivity index (χ0) is 20.8. The van der Waals surface area contributed by atoms with Crippen molar-refractivity contribution in [2.45, 2.75) is 52.9 Å². The monoisotopic (exact) mass is 400 g/mol. The van der Waals surface area contributed by atoms with Crippen LogP contribution in [0.25, 0.3) is 0 Å². The van der Waals surface area contributed by atoms with E-state index in [1.807, 2.05) is 34.1 Å². The zero-order valence-corrected chi connectivity index (χ0v) is 18.2. The Balaban J connectivity index is 1.42. The molecule has 0 aromatic heterocycles. The second-order valence-electron chi connectivity index (χ2n) is 9.23. The lowest BCUT2D eigenvalue weighted by molar-refractivity contribution is -0.133. The highest BCUT2D eigenvalue weighted by molar-refractivity contribution is 5.94. The summed E-state index contributed by atoms with van der Waals surface area (Å²) in [5.74, 6) is 2.83. The van der Waals surface area contributed by atoms with Crippen LogP contribution in [0.5, 0.6) is 5.75 Å². The number of nitrogens with zero attached hydrogens (tertiary/aromatic N) is 2. The first-order valence-corrected chi connectivity index (χ1v) is 11.2. The maximum Gasteiger partial charge on any atom is 0.253 e. The van der Waals surface area contributed by atoms with E-state index in [1.165, 1.54) is 0 Å². The van der Waals surface area contributed by atoms with Crippen molar-refractivity contribution < 1.29 is 14.3 Å². The minimum atomic E-state index is 0.127. The second kappa shape index (κ2) is 10.1. The van der Waals surface area contributed by atoms with Gasteiger partial charge in [-0.05, 0) is 67.7 Å². The number of likely N-dealkylation sites (tertiary alicyclic amines) is 2. The highest BCUT2D eigenvalue weighted by Gasteiger charge is 2.24. The van der Waals surface area contributed by atoms with Gasteiger partial charge in [0.15, 0.2) is 0 Å². The average molecular weight is 401 g/mol. The molecule has 160 valence electrons. The number of hydrogen-bond donors (Lipinski definition) is 0. The van der Waals surface area contributed by atoms with Gasteiger partial charge in [-0.25, -0.2) is 0 Å². The van der Waals surface area contributed by atoms with E-state index in [-0.39, 0.29) is 11.8 Å². The van der Waals surface area contributed by atoms with Gasteiger partial charge in [0, 0.05) is 38.2 Å². The Morgan fingerprint density at radius 1 is 0.966 bits per heavy atom. The van der Waals surface area contributed by atoms with E-state index < -0.39 is 0 Å². The van der Waals surface area contributed by atoms with Crippen molar-refractivity contribution in [1.82, 2.24) is 9.80 Å². The number of hydrogen-bond acceptors (Lipinski definition) is 3. The highest BCUT2D eigenvalue weighted by atomic mass is 16.5. The Morgan fingerprint density at radius 2 is 1.55 bits per heavy atom. The van der Waals surface area contributed by atoms with Crippen molar-refractivity contribution in [2.24, 2.45) is 17.8 Å². The molecule has 3 rings (SSSR count). The fourth-order valence-corrected chi connectivity index (χ4v) is 4.13. The lowest BCUT2D eigenvalue weighted by atomic mass is 9.97. The SMILES string of the molecule is CC(C)CC(=O)N1CCC(COc2ccc(C(=O)N3CCC(C)CC3)cc2)CC1. The molecule has 0 saturated carbocycles. The lowest BCUT2D eigenvalue weighted by Crippen LogP contribution is -2.40. The zero-order valence-electron chi connectivity index (χ0n) is 18.2. The topological polar surface area (TPSA) is 49.9 Å². The first kappa shape index (κ1) is 21.7. The number of piperidine rings is 2. The minimum Gasteiger partial charge on any atom is -0.493 e. The lowest BCUT2D eigenvalue weighted by Gasteiger charge is -2.32. The molecule has 0 spiro atoms. The molecule has 5 nitrogen and oxygen atoms in total. The van der Waals surface area contributed by atoms with Gasteiger partial charge in [-0.15, -0.1) is 0 Å². The number of carbonyl (C=O) groups excluding carboxylic acids is 2. The molecule has 0 N–H and O–H groups in total. The fourth-order valence-electron chi connectivity index (χ4n) is 4.13. The van der Waals surface area contributed by atoms with Crippen LogP contribution in [0.1, 0.15) is 63.2 Å². The third kappa shape index (κ3) is 6.22. The van der Waals surface area contributed by atoms with E-state index in [2.05, 4.69) is 20.8 Å². The van der Waals surface area contributed by atoms with Crippen LogP contribution in [-0.4, -0.2) is 54.4 Å². The fraction of sp³-hybridized carbons (Fsp3) is 0.667. The maximum atomic E-state index is 12.6. The molecule has 29 heavy (non-hydrogen) atoms. The largest absolute Gasteiger partial charge is 0.493 e. The Bertz CT molecular complexity index is 670. The van der Waals surface area contributed by atoms with Gasteiger partial charge in [0.1, 0.15) is 5.75 Å². The molecule has 0 radical (unpaired) electrons. The summed E-state index contributed by atoms with van der Waals surface area (Å²) in [5.41, 5.74) is 0.740. The molecular formula is C24H36N2O3. The van der Waals surface area contributed by atoms with Crippen molar-refractivity contribution >= 4 is 11.8 Å². The van der Waals surface area contributed by atoms with Crippen molar-refractivity contribution in [1.29, 1.82) is 0 Å². The molecule has 2 aliphatic rings. The van der Waals surface area contributed by atoms with Crippen molar-refractivity contribution in [2.75, 3.05) is 32.8 Å². The van der Waals surface area contributed by atoms with Crippen molar-refractivity contribution in [3.05, 3.63) is 29.8 Å². The molecule has 0 atom stereocenters. The van der Waals surface area contributed by atoms with Crippen LogP contribution in [0.15, 0.2) is 24.3 Å². The van der Waals surface area contributed by atoms with Crippen LogP contribution in [0.3, 0.4) is 0 Å². The number of carbonyl (C=O) groups is 2. The molecular weight excluding hydrogens is 364 g/mol. The Morgan fingerprint density at radius 3 is 2.14 bits per heavy atom. The highest BCUT2D eigenvalue weighted by Crippen LogP contribution is 2.22. The number of rotatable bonds is 6. The van der Waals surface area contributed by atoms with Crippen LogP contribution in [0.2, 0.25) is 0 Å². The van der Waals surface area contributed by atoms with E-state index in [9.17, 15) is 9.59 Å². The van der Waals surface area contributed by atoms with Crippen LogP contribution in [-0.2, 0) is 4.79 Å². The molecule has 2 heterocycles. The summed E-state index contributed by atoms with van der Waals surface area (Å²) < 4.78 is 5.97. The van der Waals surface area contributed by atoms with Crippen LogP contribution < -0.4 is 4.74 Å². The van der Waals surface area contributed by atoms with E-state index in [4.69, 9.17) is 4.74 Å². The molecule has 5 heteroatoms.